The van der Waals surface area contributed by atoms with Crippen molar-refractivity contribution in [3.63, 3.8) is 0 Å². The minimum atomic E-state index is -0.696. The number of nitrogens with zero attached hydrogens (tertiary/aromatic N) is 1. The van der Waals surface area contributed by atoms with Crippen molar-refractivity contribution in [3.8, 4) is 0 Å². The molecule has 2 fully saturated rings. The van der Waals surface area contributed by atoms with Gasteiger partial charge in [0.2, 0.25) is 0 Å². The zero-order valence-corrected chi connectivity index (χ0v) is 12.5. The Morgan fingerprint density at radius 2 is 2.10 bits per heavy atom. The van der Waals surface area contributed by atoms with Crippen molar-refractivity contribution in [2.75, 3.05) is 13.1 Å². The Kier molecular flexibility index (Phi) is 4.14. The van der Waals surface area contributed by atoms with E-state index in [1.165, 1.54) is 0 Å². The molecule has 0 radical (unpaired) electrons. The maximum Gasteiger partial charge on any atom is 0.328 e. The van der Waals surface area contributed by atoms with Crippen LogP contribution in [0.4, 0.5) is 0 Å². The predicted octanol–water partition coefficient (Wildman–Crippen LogP) is 0.892. The van der Waals surface area contributed by atoms with E-state index in [-0.39, 0.29) is 12.1 Å². The average molecular weight is 278 g/mol. The summed E-state index contributed by atoms with van der Waals surface area (Å²) in [7, 11) is 0. The molecule has 2 aliphatic heterocycles. The topological polar surface area (TPSA) is 58.4 Å². The van der Waals surface area contributed by atoms with Gasteiger partial charge in [-0.05, 0) is 27.7 Å². The summed E-state index contributed by atoms with van der Waals surface area (Å²) >= 11 is 0. The van der Waals surface area contributed by atoms with Crippen LogP contribution in [0.25, 0.3) is 0 Å². The molecule has 0 amide bonds. The first-order chi connectivity index (χ1) is 9.37. The molecule has 2 aliphatic rings. The van der Waals surface area contributed by atoms with Crippen molar-refractivity contribution in [1.29, 1.82) is 0 Å². The Bertz CT molecular complexity index is 468. The van der Waals surface area contributed by atoms with Gasteiger partial charge >= 0.3 is 5.97 Å². The number of hydrogen-bond acceptors (Lipinski definition) is 5. The minimum Gasteiger partial charge on any atom is -0.459 e. The van der Waals surface area contributed by atoms with E-state index >= 15 is 0 Å². The Morgan fingerprint density at radius 1 is 1.45 bits per heavy atom. The summed E-state index contributed by atoms with van der Waals surface area (Å²) in [5.41, 5.74) is -0.130. The highest BCUT2D eigenvalue weighted by Crippen LogP contribution is 2.32. The smallest absolute Gasteiger partial charge is 0.328 e. The van der Waals surface area contributed by atoms with Gasteiger partial charge in [0.25, 0.3) is 0 Å². The zero-order chi connectivity index (χ0) is 14.9. The summed E-state index contributed by atoms with van der Waals surface area (Å²) in [4.78, 5) is 25.7. The standard InChI is InChI=1S/C15H22N2O3/c1-5-6-10-11(9-18)12(14(19)20-15(2,3)4)16-13(10)17-7-8-17/h5-6,10,12-13,16H,7-8H2,1-4H3/b6-5-. The maximum absolute atomic E-state index is 12.2. The molecule has 0 aromatic carbocycles. The van der Waals surface area contributed by atoms with Gasteiger partial charge in [-0.2, -0.15) is 0 Å². The van der Waals surface area contributed by atoms with E-state index in [4.69, 9.17) is 4.74 Å². The summed E-state index contributed by atoms with van der Waals surface area (Å²) in [5.74, 6) is 1.43. The Labute approximate surface area is 119 Å². The van der Waals surface area contributed by atoms with Crippen molar-refractivity contribution in [1.82, 2.24) is 10.2 Å². The maximum atomic E-state index is 12.2. The molecule has 5 heteroatoms. The van der Waals surface area contributed by atoms with Gasteiger partial charge in [0, 0.05) is 19.0 Å². The summed E-state index contributed by atoms with van der Waals surface area (Å²) in [6.07, 6.45) is 3.83. The highest BCUT2D eigenvalue weighted by Gasteiger charge is 2.47. The molecular formula is C15H22N2O3. The molecule has 3 unspecified atom stereocenters. The van der Waals surface area contributed by atoms with Crippen LogP contribution in [-0.4, -0.2) is 47.7 Å². The Hall–Kier alpha value is -1.42. The van der Waals surface area contributed by atoms with Crippen molar-refractivity contribution in [2.45, 2.75) is 45.5 Å². The highest BCUT2D eigenvalue weighted by molar-refractivity contribution is 5.85. The first-order valence-electron chi connectivity index (χ1n) is 6.98. The fraction of sp³-hybridized carbons (Fsp3) is 0.667. The first-order valence-corrected chi connectivity index (χ1v) is 6.98. The lowest BCUT2D eigenvalue weighted by atomic mass is 9.96. The molecule has 0 aromatic rings. The number of hydrogen-bond donors (Lipinski definition) is 1. The average Bonchev–Trinajstić information content (AvgIpc) is 3.10. The largest absolute Gasteiger partial charge is 0.459 e. The second-order valence-corrected chi connectivity index (χ2v) is 6.22. The van der Waals surface area contributed by atoms with Crippen molar-refractivity contribution in [2.24, 2.45) is 5.92 Å². The number of esters is 1. The third-order valence-corrected chi connectivity index (χ3v) is 3.38. The van der Waals surface area contributed by atoms with E-state index in [2.05, 4.69) is 10.2 Å². The number of ether oxygens (including phenoxy) is 1. The van der Waals surface area contributed by atoms with E-state index in [1.807, 2.05) is 45.8 Å². The monoisotopic (exact) mass is 278 g/mol. The normalized spacial score (nSPS) is 30.6. The molecule has 0 aliphatic carbocycles. The second-order valence-electron chi connectivity index (χ2n) is 6.22. The fourth-order valence-corrected chi connectivity index (χ4v) is 2.49. The third-order valence-electron chi connectivity index (χ3n) is 3.38. The van der Waals surface area contributed by atoms with Crippen LogP contribution in [0.5, 0.6) is 0 Å². The van der Waals surface area contributed by atoms with Crippen LogP contribution in [0.2, 0.25) is 0 Å². The highest BCUT2D eigenvalue weighted by atomic mass is 16.6. The summed E-state index contributed by atoms with van der Waals surface area (Å²) in [5, 5.41) is 3.21. The third kappa shape index (κ3) is 3.18. The molecule has 3 atom stereocenters. The Balaban J connectivity index is 2.21. The zero-order valence-electron chi connectivity index (χ0n) is 12.5. The quantitative estimate of drug-likeness (QED) is 0.360. The number of carbonyl (C=O) groups excluding carboxylic acids is 2. The van der Waals surface area contributed by atoms with Crippen LogP contribution in [0.3, 0.4) is 0 Å². The van der Waals surface area contributed by atoms with Crippen molar-refractivity contribution >= 4 is 11.9 Å². The van der Waals surface area contributed by atoms with Gasteiger partial charge in [-0.3, -0.25) is 10.2 Å². The first kappa shape index (κ1) is 15.0. The molecule has 20 heavy (non-hydrogen) atoms. The number of nitrogens with one attached hydrogen (secondary N) is 1. The molecule has 2 heterocycles. The molecule has 0 spiro atoms. The molecule has 5 nitrogen and oxygen atoms in total. The van der Waals surface area contributed by atoms with Crippen molar-refractivity contribution < 1.29 is 14.3 Å². The van der Waals surface area contributed by atoms with E-state index in [1.54, 1.807) is 0 Å². The van der Waals surface area contributed by atoms with Gasteiger partial charge in [0.1, 0.15) is 17.6 Å². The van der Waals surface area contributed by atoms with Crippen LogP contribution >= 0.6 is 0 Å². The number of carbonyl (C=O) groups is 1. The van der Waals surface area contributed by atoms with E-state index in [0.29, 0.717) is 5.57 Å². The lowest BCUT2D eigenvalue weighted by molar-refractivity contribution is -0.156. The predicted molar refractivity (Wildman–Crippen MR) is 75.6 cm³/mol. The van der Waals surface area contributed by atoms with Crippen LogP contribution in [0.15, 0.2) is 17.7 Å². The number of allylic oxidation sites excluding steroid dienone is 1. The summed E-state index contributed by atoms with van der Waals surface area (Å²) in [6, 6.07) is -0.696. The van der Waals surface area contributed by atoms with Gasteiger partial charge in [-0.15, -0.1) is 0 Å². The summed E-state index contributed by atoms with van der Waals surface area (Å²) < 4.78 is 5.38. The van der Waals surface area contributed by atoms with Gasteiger partial charge in [-0.25, -0.2) is 9.59 Å². The van der Waals surface area contributed by atoms with Gasteiger partial charge < -0.3 is 4.74 Å². The number of rotatable bonds is 3. The molecule has 0 bridgehead atoms. The second kappa shape index (κ2) is 5.52. The lowest BCUT2D eigenvalue weighted by Gasteiger charge is -2.22. The molecular weight excluding hydrogens is 256 g/mol. The van der Waals surface area contributed by atoms with Crippen LogP contribution in [-0.2, 0) is 14.3 Å². The minimum absolute atomic E-state index is 0.0137. The molecule has 0 saturated carbocycles. The SMILES string of the molecule is C/C=C\C1C(=C=O)C(C(=O)OC(C)(C)C)NC1N1CC1. The van der Waals surface area contributed by atoms with Gasteiger partial charge in [0.05, 0.1) is 11.7 Å². The molecule has 2 saturated heterocycles. The Morgan fingerprint density at radius 3 is 2.55 bits per heavy atom. The van der Waals surface area contributed by atoms with Crippen LogP contribution < -0.4 is 5.32 Å². The molecule has 2 rings (SSSR count). The fourth-order valence-electron chi connectivity index (χ4n) is 2.49. The van der Waals surface area contributed by atoms with Gasteiger partial charge in [-0.1, -0.05) is 12.2 Å². The van der Waals surface area contributed by atoms with Crippen LogP contribution in [0, 0.1) is 5.92 Å². The van der Waals surface area contributed by atoms with E-state index in [9.17, 15) is 9.59 Å². The molecule has 0 aromatic heterocycles. The molecule has 110 valence electrons. The van der Waals surface area contributed by atoms with Crippen LogP contribution in [0.1, 0.15) is 27.7 Å². The van der Waals surface area contributed by atoms with E-state index in [0.717, 1.165) is 13.1 Å². The van der Waals surface area contributed by atoms with E-state index < -0.39 is 17.6 Å². The van der Waals surface area contributed by atoms with Gasteiger partial charge in [0.15, 0.2) is 0 Å². The lowest BCUT2D eigenvalue weighted by Crippen LogP contribution is -2.43. The molecule has 1 N–H and O–H groups in total. The summed E-state index contributed by atoms with van der Waals surface area (Å²) in [6.45, 7) is 9.32. The van der Waals surface area contributed by atoms with Crippen molar-refractivity contribution in [3.05, 3.63) is 17.7 Å².